The molecule has 0 spiro atoms. The van der Waals surface area contributed by atoms with Crippen LogP contribution in [0.2, 0.25) is 0 Å². The molecule has 0 bridgehead atoms. The van der Waals surface area contributed by atoms with E-state index in [0.29, 0.717) is 0 Å². The molecule has 0 amide bonds. The number of hydrogen-bond acceptors (Lipinski definition) is 4. The number of hydrogen-bond donors (Lipinski definition) is 3. The molecule has 0 unspecified atom stereocenters. The molecule has 1 aliphatic carbocycles. The van der Waals surface area contributed by atoms with Crippen molar-refractivity contribution in [1.29, 1.82) is 0 Å². The van der Waals surface area contributed by atoms with Crippen LogP contribution in [0.25, 0.3) is 0 Å². The summed E-state index contributed by atoms with van der Waals surface area (Å²) in [5.41, 5.74) is 7.37. The molecular weight excluding hydrogens is 202 g/mol. The molecule has 4 N–H and O–H groups in total. The van der Waals surface area contributed by atoms with E-state index in [-0.39, 0.29) is 12.1 Å². The number of anilines is 2. The number of nitrogens with one attached hydrogen (secondary N) is 1. The minimum Gasteiger partial charge on any atom is -0.398 e. The molecule has 16 heavy (non-hydrogen) atoms. The van der Waals surface area contributed by atoms with Crippen molar-refractivity contribution in [3.8, 4) is 0 Å². The zero-order chi connectivity index (χ0) is 11.6. The molecule has 1 saturated carbocycles. The van der Waals surface area contributed by atoms with Gasteiger partial charge in [-0.3, -0.25) is 0 Å². The first-order chi connectivity index (χ1) is 7.65. The number of nitrogens with two attached hydrogens (primary N) is 1. The van der Waals surface area contributed by atoms with E-state index >= 15 is 0 Å². The number of pyridine rings is 1. The summed E-state index contributed by atoms with van der Waals surface area (Å²) >= 11 is 0. The van der Waals surface area contributed by atoms with Crippen LogP contribution in [-0.2, 0) is 0 Å². The van der Waals surface area contributed by atoms with Crippen LogP contribution < -0.4 is 11.1 Å². The van der Waals surface area contributed by atoms with Gasteiger partial charge in [0, 0.05) is 18.0 Å². The van der Waals surface area contributed by atoms with E-state index in [1.54, 1.807) is 6.20 Å². The van der Waals surface area contributed by atoms with Crippen molar-refractivity contribution in [1.82, 2.24) is 4.98 Å². The van der Waals surface area contributed by atoms with Gasteiger partial charge in [0.1, 0.15) is 5.82 Å². The van der Waals surface area contributed by atoms with Crippen LogP contribution in [0.5, 0.6) is 0 Å². The van der Waals surface area contributed by atoms with E-state index in [4.69, 9.17) is 5.73 Å². The highest BCUT2D eigenvalue weighted by molar-refractivity contribution is 5.54. The summed E-state index contributed by atoms with van der Waals surface area (Å²) in [6.07, 6.45) is 6.08. The van der Waals surface area contributed by atoms with Crippen molar-refractivity contribution in [3.05, 3.63) is 17.8 Å². The van der Waals surface area contributed by atoms with Gasteiger partial charge in [0.05, 0.1) is 12.1 Å². The maximum absolute atomic E-state index is 9.48. The van der Waals surface area contributed by atoms with Gasteiger partial charge in [-0.1, -0.05) is 12.8 Å². The summed E-state index contributed by atoms with van der Waals surface area (Å²) in [7, 11) is 0. The molecule has 1 heterocycles. The number of aliphatic hydroxyl groups excluding tert-OH is 1. The van der Waals surface area contributed by atoms with E-state index in [1.165, 1.54) is 0 Å². The number of aliphatic hydroxyl groups is 1. The fourth-order valence-corrected chi connectivity index (χ4v) is 2.25. The van der Waals surface area contributed by atoms with Gasteiger partial charge in [-0.05, 0) is 25.3 Å². The lowest BCUT2D eigenvalue weighted by Crippen LogP contribution is -2.39. The summed E-state index contributed by atoms with van der Waals surface area (Å²) in [5, 5.41) is 12.8. The van der Waals surface area contributed by atoms with Crippen molar-refractivity contribution in [3.63, 3.8) is 0 Å². The van der Waals surface area contributed by atoms with E-state index in [2.05, 4.69) is 10.3 Å². The smallest absolute Gasteiger partial charge is 0.128 e. The molecule has 0 aromatic carbocycles. The Hall–Kier alpha value is -1.29. The Kier molecular flexibility index (Phi) is 3.01. The lowest BCUT2D eigenvalue weighted by Gasteiger charge is -2.28. The standard InChI is InChI=1S/C12H19N3O/c1-9-7-14-11(6-10(9)13)15-12(8-16)4-2-3-5-12/h6-7,16H,2-5,8H2,1H3,(H3,13,14,15). The van der Waals surface area contributed by atoms with Crippen LogP contribution in [0.1, 0.15) is 31.2 Å². The summed E-state index contributed by atoms with van der Waals surface area (Å²) < 4.78 is 0. The Labute approximate surface area is 95.9 Å². The predicted molar refractivity (Wildman–Crippen MR) is 65.3 cm³/mol. The zero-order valence-corrected chi connectivity index (χ0v) is 9.66. The fourth-order valence-electron chi connectivity index (χ4n) is 2.25. The fraction of sp³-hybridized carbons (Fsp3) is 0.583. The Balaban J connectivity index is 2.16. The second-order valence-electron chi connectivity index (χ2n) is 4.70. The molecule has 1 aliphatic rings. The summed E-state index contributed by atoms with van der Waals surface area (Å²) in [6.45, 7) is 2.09. The highest BCUT2D eigenvalue weighted by atomic mass is 16.3. The van der Waals surface area contributed by atoms with Gasteiger partial charge in [-0.25, -0.2) is 4.98 Å². The average molecular weight is 221 g/mol. The number of rotatable bonds is 3. The first-order valence-corrected chi connectivity index (χ1v) is 5.76. The Morgan fingerprint density at radius 2 is 2.19 bits per heavy atom. The number of nitrogens with zero attached hydrogens (tertiary/aromatic N) is 1. The third-order valence-electron chi connectivity index (χ3n) is 3.40. The van der Waals surface area contributed by atoms with Gasteiger partial charge in [0.15, 0.2) is 0 Å². The Morgan fingerprint density at radius 1 is 1.50 bits per heavy atom. The monoisotopic (exact) mass is 221 g/mol. The molecule has 4 nitrogen and oxygen atoms in total. The molecule has 1 aromatic rings. The minimum absolute atomic E-state index is 0.155. The third kappa shape index (κ3) is 2.11. The number of nitrogen functional groups attached to an aromatic ring is 1. The van der Waals surface area contributed by atoms with Gasteiger partial charge in [0.25, 0.3) is 0 Å². The lowest BCUT2D eigenvalue weighted by atomic mass is 9.99. The van der Waals surface area contributed by atoms with Crippen LogP contribution in [0.3, 0.4) is 0 Å². The molecule has 4 heteroatoms. The quantitative estimate of drug-likeness (QED) is 0.726. The molecule has 1 fully saturated rings. The summed E-state index contributed by atoms with van der Waals surface area (Å²) in [4.78, 5) is 4.29. The van der Waals surface area contributed by atoms with Crippen LogP contribution in [-0.4, -0.2) is 22.2 Å². The lowest BCUT2D eigenvalue weighted by molar-refractivity contribution is 0.214. The van der Waals surface area contributed by atoms with Crippen molar-refractivity contribution in [2.24, 2.45) is 0 Å². The molecule has 2 rings (SSSR count). The summed E-state index contributed by atoms with van der Waals surface area (Å²) in [6, 6.07) is 1.84. The molecule has 0 saturated heterocycles. The topological polar surface area (TPSA) is 71.2 Å². The maximum Gasteiger partial charge on any atom is 0.128 e. The highest BCUT2D eigenvalue weighted by Gasteiger charge is 2.33. The zero-order valence-electron chi connectivity index (χ0n) is 9.66. The first kappa shape index (κ1) is 11.2. The largest absolute Gasteiger partial charge is 0.398 e. The molecular formula is C12H19N3O. The summed E-state index contributed by atoms with van der Waals surface area (Å²) in [5.74, 6) is 0.763. The van der Waals surface area contributed by atoms with Crippen LogP contribution in [0, 0.1) is 6.92 Å². The average Bonchev–Trinajstić information content (AvgIpc) is 2.73. The molecule has 1 aromatic heterocycles. The normalized spacial score (nSPS) is 18.6. The number of aromatic nitrogens is 1. The van der Waals surface area contributed by atoms with E-state index in [9.17, 15) is 5.11 Å². The van der Waals surface area contributed by atoms with Crippen LogP contribution >= 0.6 is 0 Å². The second kappa shape index (κ2) is 4.29. The number of aryl methyl sites for hydroxylation is 1. The van der Waals surface area contributed by atoms with Gasteiger partial charge >= 0.3 is 0 Å². The van der Waals surface area contributed by atoms with Gasteiger partial charge < -0.3 is 16.2 Å². The van der Waals surface area contributed by atoms with Gasteiger partial charge in [-0.2, -0.15) is 0 Å². The highest BCUT2D eigenvalue weighted by Crippen LogP contribution is 2.32. The van der Waals surface area contributed by atoms with E-state index < -0.39 is 0 Å². The Morgan fingerprint density at radius 3 is 2.75 bits per heavy atom. The molecule has 88 valence electrons. The predicted octanol–water partition coefficient (Wildman–Crippen LogP) is 1.69. The second-order valence-corrected chi connectivity index (χ2v) is 4.70. The Bertz CT molecular complexity index is 373. The van der Waals surface area contributed by atoms with E-state index in [1.807, 2.05) is 13.0 Å². The SMILES string of the molecule is Cc1cnc(NC2(CO)CCCC2)cc1N. The molecule has 0 atom stereocenters. The third-order valence-corrected chi connectivity index (χ3v) is 3.40. The van der Waals surface area contributed by atoms with Crippen molar-refractivity contribution >= 4 is 11.5 Å². The van der Waals surface area contributed by atoms with Crippen molar-refractivity contribution in [2.45, 2.75) is 38.1 Å². The van der Waals surface area contributed by atoms with Crippen molar-refractivity contribution < 1.29 is 5.11 Å². The van der Waals surface area contributed by atoms with Crippen LogP contribution in [0.4, 0.5) is 11.5 Å². The van der Waals surface area contributed by atoms with Crippen molar-refractivity contribution in [2.75, 3.05) is 17.7 Å². The minimum atomic E-state index is -0.186. The molecule has 0 aliphatic heterocycles. The molecule has 0 radical (unpaired) electrons. The maximum atomic E-state index is 9.48. The van der Waals surface area contributed by atoms with Crippen LogP contribution in [0.15, 0.2) is 12.3 Å². The van der Waals surface area contributed by atoms with Gasteiger partial charge in [-0.15, -0.1) is 0 Å². The van der Waals surface area contributed by atoms with Gasteiger partial charge in [0.2, 0.25) is 0 Å². The van der Waals surface area contributed by atoms with E-state index in [0.717, 1.165) is 42.8 Å². The first-order valence-electron chi connectivity index (χ1n) is 5.76.